The van der Waals surface area contributed by atoms with Crippen molar-refractivity contribution in [2.45, 2.75) is 38.8 Å². The Morgan fingerprint density at radius 3 is 2.25 bits per heavy atom. The van der Waals surface area contributed by atoms with Crippen molar-refractivity contribution in [1.82, 2.24) is 16.0 Å². The molecule has 0 saturated heterocycles. The third-order valence-electron chi connectivity index (χ3n) is 2.37. The zero-order chi connectivity index (χ0) is 15.7. The van der Waals surface area contributed by atoms with E-state index in [0.717, 1.165) is 0 Å². The molecule has 9 heteroatoms. The van der Waals surface area contributed by atoms with Crippen molar-refractivity contribution in [3.8, 4) is 0 Å². The number of hydrogen-bond donors (Lipinski definition) is 5. The maximum absolute atomic E-state index is 11.5. The van der Waals surface area contributed by atoms with E-state index in [-0.39, 0.29) is 18.7 Å². The summed E-state index contributed by atoms with van der Waals surface area (Å²) >= 11 is 0. The average Bonchev–Trinajstić information content (AvgIpc) is 2.33. The Balaban J connectivity index is 4.35. The molecule has 6 N–H and O–H groups in total. The summed E-state index contributed by atoms with van der Waals surface area (Å²) in [6, 6.07) is -2.86. The number of nitrogens with two attached hydrogens (primary N) is 1. The Morgan fingerprint density at radius 2 is 1.80 bits per heavy atom. The van der Waals surface area contributed by atoms with E-state index in [1.807, 2.05) is 0 Å². The van der Waals surface area contributed by atoms with Gasteiger partial charge < -0.3 is 26.8 Å². The van der Waals surface area contributed by atoms with Crippen molar-refractivity contribution in [2.24, 2.45) is 5.73 Å². The Hall–Kier alpha value is -2.32. The smallest absolute Gasteiger partial charge is 0.326 e. The molecule has 2 unspecified atom stereocenters. The summed E-state index contributed by atoms with van der Waals surface area (Å²) in [4.78, 5) is 44.4. The number of carbonyl (C=O) groups excluding carboxylic acids is 3. The fourth-order valence-electron chi connectivity index (χ4n) is 1.33. The molecule has 4 amide bonds. The van der Waals surface area contributed by atoms with Crippen LogP contribution in [0.25, 0.3) is 0 Å². The van der Waals surface area contributed by atoms with Gasteiger partial charge in [-0.05, 0) is 20.3 Å². The van der Waals surface area contributed by atoms with Crippen LogP contribution < -0.4 is 21.7 Å². The van der Waals surface area contributed by atoms with Crippen LogP contribution in [0, 0.1) is 0 Å². The number of rotatable bonds is 8. The molecule has 0 saturated carbocycles. The van der Waals surface area contributed by atoms with Gasteiger partial charge in [0.15, 0.2) is 0 Å². The fraction of sp³-hybridized carbons (Fsp3) is 0.636. The van der Waals surface area contributed by atoms with E-state index in [1.54, 1.807) is 6.92 Å². The summed E-state index contributed by atoms with van der Waals surface area (Å²) in [6.07, 6.45) is -0.281. The highest BCUT2D eigenvalue weighted by Gasteiger charge is 2.22. The normalized spacial score (nSPS) is 12.9. The summed E-state index contributed by atoms with van der Waals surface area (Å²) in [7, 11) is 0. The summed E-state index contributed by atoms with van der Waals surface area (Å²) < 4.78 is 0. The molecule has 0 radical (unpaired) electrons. The minimum absolute atomic E-state index is 0.117. The third-order valence-corrected chi connectivity index (χ3v) is 2.37. The number of nitrogens with one attached hydrogen (secondary N) is 3. The number of aliphatic carboxylic acids is 1. The monoisotopic (exact) mass is 288 g/mol. The summed E-state index contributed by atoms with van der Waals surface area (Å²) in [5.41, 5.74) is 4.91. The van der Waals surface area contributed by atoms with E-state index < -0.39 is 30.0 Å². The first kappa shape index (κ1) is 17.7. The van der Waals surface area contributed by atoms with Crippen molar-refractivity contribution in [1.29, 1.82) is 0 Å². The quantitative estimate of drug-likeness (QED) is 0.369. The number of urea groups is 1. The lowest BCUT2D eigenvalue weighted by Gasteiger charge is -2.17. The van der Waals surface area contributed by atoms with Gasteiger partial charge in [-0.25, -0.2) is 9.59 Å². The molecule has 2 atom stereocenters. The highest BCUT2D eigenvalue weighted by Crippen LogP contribution is 1.97. The molecule has 114 valence electrons. The van der Waals surface area contributed by atoms with Crippen LogP contribution in [-0.2, 0) is 14.4 Å². The highest BCUT2D eigenvalue weighted by molar-refractivity contribution is 5.88. The third kappa shape index (κ3) is 7.19. The SMILES string of the molecule is CCNC(=O)C(C)NC(=O)NC(CCC(N)=O)C(=O)O. The zero-order valence-corrected chi connectivity index (χ0v) is 11.4. The summed E-state index contributed by atoms with van der Waals surface area (Å²) in [6.45, 7) is 3.61. The second-order valence-corrected chi connectivity index (χ2v) is 4.13. The minimum Gasteiger partial charge on any atom is -0.480 e. The van der Waals surface area contributed by atoms with Gasteiger partial charge in [-0.3, -0.25) is 9.59 Å². The number of carboxylic acids is 1. The zero-order valence-electron chi connectivity index (χ0n) is 11.4. The Morgan fingerprint density at radius 1 is 1.20 bits per heavy atom. The van der Waals surface area contributed by atoms with Crippen molar-refractivity contribution in [2.75, 3.05) is 6.54 Å². The lowest BCUT2D eigenvalue weighted by Crippen LogP contribution is -2.52. The Kier molecular flexibility index (Phi) is 7.71. The first-order chi connectivity index (χ1) is 9.27. The van der Waals surface area contributed by atoms with Gasteiger partial charge in [0.1, 0.15) is 12.1 Å². The van der Waals surface area contributed by atoms with Crippen LogP contribution in [0.1, 0.15) is 26.7 Å². The van der Waals surface area contributed by atoms with Gasteiger partial charge in [-0.2, -0.15) is 0 Å². The maximum atomic E-state index is 11.5. The van der Waals surface area contributed by atoms with Crippen LogP contribution in [0.15, 0.2) is 0 Å². The Bertz CT molecular complexity index is 385. The highest BCUT2D eigenvalue weighted by atomic mass is 16.4. The first-order valence-corrected chi connectivity index (χ1v) is 6.13. The molecule has 0 aliphatic rings. The number of primary amides is 1. The molecule has 0 spiro atoms. The average molecular weight is 288 g/mol. The molecule has 0 rings (SSSR count). The lowest BCUT2D eigenvalue weighted by molar-refractivity contribution is -0.139. The molecular formula is C11H20N4O5. The van der Waals surface area contributed by atoms with Crippen LogP contribution >= 0.6 is 0 Å². The maximum Gasteiger partial charge on any atom is 0.326 e. The lowest BCUT2D eigenvalue weighted by atomic mass is 10.1. The van der Waals surface area contributed by atoms with Gasteiger partial charge in [0.2, 0.25) is 11.8 Å². The number of carboxylic acid groups (broad SMARTS) is 1. The molecule has 0 aromatic heterocycles. The van der Waals surface area contributed by atoms with Crippen molar-refractivity contribution in [3.63, 3.8) is 0 Å². The standard InChI is InChI=1S/C11H20N4O5/c1-3-13-9(17)6(2)14-11(20)15-7(10(18)19)4-5-8(12)16/h6-7H,3-5H2,1-2H3,(H2,12,16)(H,13,17)(H,18,19)(H2,14,15,20). The van der Waals surface area contributed by atoms with Crippen LogP contribution in [-0.4, -0.2) is 47.5 Å². The van der Waals surface area contributed by atoms with E-state index in [0.29, 0.717) is 6.54 Å². The molecule has 0 aromatic rings. The molecule has 0 aromatic carbocycles. The summed E-state index contributed by atoms with van der Waals surface area (Å²) in [5.74, 6) is -2.33. The van der Waals surface area contributed by atoms with Crippen molar-refractivity contribution < 1.29 is 24.3 Å². The molecule has 0 aliphatic carbocycles. The number of hydrogen-bond acceptors (Lipinski definition) is 4. The van der Waals surface area contributed by atoms with Gasteiger partial charge >= 0.3 is 12.0 Å². The molecule has 0 aliphatic heterocycles. The van der Waals surface area contributed by atoms with Gasteiger partial charge in [-0.15, -0.1) is 0 Å². The first-order valence-electron chi connectivity index (χ1n) is 6.13. The van der Waals surface area contributed by atoms with E-state index in [9.17, 15) is 19.2 Å². The fourth-order valence-corrected chi connectivity index (χ4v) is 1.33. The van der Waals surface area contributed by atoms with Crippen LogP contribution in [0.2, 0.25) is 0 Å². The molecule has 0 heterocycles. The van der Waals surface area contributed by atoms with Gasteiger partial charge in [0, 0.05) is 13.0 Å². The van der Waals surface area contributed by atoms with Crippen molar-refractivity contribution in [3.05, 3.63) is 0 Å². The second kappa shape index (κ2) is 8.73. The van der Waals surface area contributed by atoms with Crippen LogP contribution in [0.3, 0.4) is 0 Å². The van der Waals surface area contributed by atoms with Gasteiger partial charge in [0.25, 0.3) is 0 Å². The minimum atomic E-state index is -1.29. The molecule has 9 nitrogen and oxygen atoms in total. The predicted molar refractivity (Wildman–Crippen MR) is 69.7 cm³/mol. The molecule has 20 heavy (non-hydrogen) atoms. The number of carbonyl (C=O) groups is 4. The summed E-state index contributed by atoms with van der Waals surface area (Å²) in [5, 5.41) is 15.9. The van der Waals surface area contributed by atoms with E-state index in [1.165, 1.54) is 6.92 Å². The van der Waals surface area contributed by atoms with E-state index in [2.05, 4.69) is 16.0 Å². The van der Waals surface area contributed by atoms with Gasteiger partial charge in [-0.1, -0.05) is 0 Å². The molecule has 0 bridgehead atoms. The van der Waals surface area contributed by atoms with Gasteiger partial charge in [0.05, 0.1) is 0 Å². The molecular weight excluding hydrogens is 268 g/mol. The topological polar surface area (TPSA) is 151 Å². The number of likely N-dealkylation sites (N-methyl/N-ethyl adjacent to an activating group) is 1. The second-order valence-electron chi connectivity index (χ2n) is 4.13. The predicted octanol–water partition coefficient (Wildman–Crippen LogP) is -1.47. The van der Waals surface area contributed by atoms with E-state index >= 15 is 0 Å². The van der Waals surface area contributed by atoms with Crippen LogP contribution in [0.4, 0.5) is 4.79 Å². The van der Waals surface area contributed by atoms with E-state index in [4.69, 9.17) is 10.8 Å². The number of amides is 4. The van der Waals surface area contributed by atoms with Crippen molar-refractivity contribution >= 4 is 23.8 Å². The van der Waals surface area contributed by atoms with Crippen LogP contribution in [0.5, 0.6) is 0 Å². The Labute approximate surface area is 116 Å². The largest absolute Gasteiger partial charge is 0.480 e. The molecule has 0 fully saturated rings.